The highest BCUT2D eigenvalue weighted by molar-refractivity contribution is 4.82. The van der Waals surface area contributed by atoms with Gasteiger partial charge in [0, 0.05) is 6.04 Å². The summed E-state index contributed by atoms with van der Waals surface area (Å²) >= 11 is 0. The summed E-state index contributed by atoms with van der Waals surface area (Å²) in [6.45, 7) is 12.9. The van der Waals surface area contributed by atoms with Crippen LogP contribution in [0, 0.1) is 23.7 Å². The molecule has 0 amide bonds. The summed E-state index contributed by atoms with van der Waals surface area (Å²) in [5, 5.41) is 3.65. The van der Waals surface area contributed by atoms with Crippen molar-refractivity contribution in [2.24, 2.45) is 23.7 Å². The fourth-order valence-electron chi connectivity index (χ4n) is 3.35. The minimum atomic E-state index is 0.639. The van der Waals surface area contributed by atoms with Crippen molar-refractivity contribution in [3.63, 3.8) is 0 Å². The molecule has 1 heteroatoms. The monoisotopic (exact) mass is 239 g/mol. The third-order valence-electron chi connectivity index (χ3n) is 4.57. The van der Waals surface area contributed by atoms with Crippen molar-refractivity contribution in [2.75, 3.05) is 6.54 Å². The first-order chi connectivity index (χ1) is 8.04. The molecule has 0 aliphatic heterocycles. The molecule has 0 spiro atoms. The lowest BCUT2D eigenvalue weighted by Crippen LogP contribution is -2.36. The van der Waals surface area contributed by atoms with Crippen LogP contribution in [0.2, 0.25) is 0 Å². The Morgan fingerprint density at radius 2 is 1.76 bits per heavy atom. The van der Waals surface area contributed by atoms with Crippen molar-refractivity contribution < 1.29 is 0 Å². The van der Waals surface area contributed by atoms with Crippen LogP contribution >= 0.6 is 0 Å². The second-order valence-corrected chi connectivity index (χ2v) is 6.69. The van der Waals surface area contributed by atoms with Gasteiger partial charge in [0.05, 0.1) is 0 Å². The van der Waals surface area contributed by atoms with Gasteiger partial charge < -0.3 is 5.32 Å². The van der Waals surface area contributed by atoms with Crippen molar-refractivity contribution in [3.05, 3.63) is 0 Å². The van der Waals surface area contributed by atoms with Crippen molar-refractivity contribution in [3.8, 4) is 0 Å². The van der Waals surface area contributed by atoms with E-state index < -0.39 is 0 Å². The van der Waals surface area contributed by atoms with Crippen LogP contribution in [0.25, 0.3) is 0 Å². The lowest BCUT2D eigenvalue weighted by molar-refractivity contribution is 0.135. The number of rotatable bonds is 6. The van der Waals surface area contributed by atoms with Gasteiger partial charge in [0.2, 0.25) is 0 Å². The first kappa shape index (κ1) is 15.0. The van der Waals surface area contributed by atoms with E-state index in [4.69, 9.17) is 0 Å². The third kappa shape index (κ3) is 4.99. The molecule has 1 fully saturated rings. The fourth-order valence-corrected chi connectivity index (χ4v) is 3.35. The largest absolute Gasteiger partial charge is 0.314 e. The molecule has 0 aromatic heterocycles. The molecule has 1 nitrogen and oxygen atoms in total. The lowest BCUT2D eigenvalue weighted by Gasteiger charge is -2.38. The van der Waals surface area contributed by atoms with E-state index in [1.54, 1.807) is 0 Å². The van der Waals surface area contributed by atoms with E-state index in [0.717, 1.165) is 23.7 Å². The van der Waals surface area contributed by atoms with Crippen LogP contribution in [0.4, 0.5) is 0 Å². The molecule has 0 saturated heterocycles. The molecule has 3 atom stereocenters. The maximum absolute atomic E-state index is 3.65. The Hall–Kier alpha value is -0.0400. The smallest absolute Gasteiger partial charge is 0.00104 e. The van der Waals surface area contributed by atoms with Gasteiger partial charge in [-0.05, 0) is 49.5 Å². The van der Waals surface area contributed by atoms with Crippen LogP contribution in [0.5, 0.6) is 0 Å². The summed E-state index contributed by atoms with van der Waals surface area (Å²) in [6.07, 6.45) is 7.19. The molecule has 0 bridgehead atoms. The zero-order valence-electron chi connectivity index (χ0n) is 12.6. The van der Waals surface area contributed by atoms with Gasteiger partial charge in [-0.25, -0.2) is 0 Å². The molecule has 1 aliphatic rings. The third-order valence-corrected chi connectivity index (χ3v) is 4.57. The summed E-state index contributed by atoms with van der Waals surface area (Å²) in [4.78, 5) is 0. The highest BCUT2D eigenvalue weighted by Gasteiger charge is 2.30. The van der Waals surface area contributed by atoms with Crippen molar-refractivity contribution in [2.45, 2.75) is 72.8 Å². The second-order valence-electron chi connectivity index (χ2n) is 6.69. The van der Waals surface area contributed by atoms with Gasteiger partial charge in [0.1, 0.15) is 0 Å². The maximum Gasteiger partial charge on any atom is 0.00104 e. The number of hydrogen-bond acceptors (Lipinski definition) is 1. The van der Waals surface area contributed by atoms with Gasteiger partial charge in [-0.1, -0.05) is 47.5 Å². The van der Waals surface area contributed by atoms with Crippen LogP contribution < -0.4 is 5.32 Å². The zero-order valence-corrected chi connectivity index (χ0v) is 12.6. The Balaban J connectivity index is 2.47. The van der Waals surface area contributed by atoms with E-state index in [1.165, 1.54) is 38.6 Å². The molecule has 1 aliphatic carbocycles. The SMILES string of the molecule is CCCC1CC(C(C)C)CCC1CNC(C)C. The summed E-state index contributed by atoms with van der Waals surface area (Å²) in [6, 6.07) is 0.639. The summed E-state index contributed by atoms with van der Waals surface area (Å²) < 4.78 is 0. The Labute approximate surface area is 109 Å². The van der Waals surface area contributed by atoms with Gasteiger partial charge in [-0.15, -0.1) is 0 Å². The predicted octanol–water partition coefficient (Wildman–Crippen LogP) is 4.47. The van der Waals surface area contributed by atoms with E-state index in [2.05, 4.69) is 39.9 Å². The Morgan fingerprint density at radius 1 is 1.06 bits per heavy atom. The Bertz CT molecular complexity index is 198. The maximum atomic E-state index is 3.65. The van der Waals surface area contributed by atoms with Crippen LogP contribution in [-0.2, 0) is 0 Å². The molecule has 1 saturated carbocycles. The first-order valence-electron chi connectivity index (χ1n) is 7.77. The fraction of sp³-hybridized carbons (Fsp3) is 1.00. The average Bonchev–Trinajstić information content (AvgIpc) is 2.27. The highest BCUT2D eigenvalue weighted by Crippen LogP contribution is 2.39. The van der Waals surface area contributed by atoms with E-state index in [-0.39, 0.29) is 0 Å². The second kappa shape index (κ2) is 7.41. The molecule has 1 N–H and O–H groups in total. The predicted molar refractivity (Wildman–Crippen MR) is 77.2 cm³/mol. The van der Waals surface area contributed by atoms with Crippen LogP contribution in [0.1, 0.15) is 66.7 Å². The van der Waals surface area contributed by atoms with Gasteiger partial charge in [-0.3, -0.25) is 0 Å². The van der Waals surface area contributed by atoms with Gasteiger partial charge in [0.25, 0.3) is 0 Å². The van der Waals surface area contributed by atoms with Crippen LogP contribution in [0.3, 0.4) is 0 Å². The Kier molecular flexibility index (Phi) is 6.54. The van der Waals surface area contributed by atoms with Crippen molar-refractivity contribution in [1.29, 1.82) is 0 Å². The first-order valence-corrected chi connectivity index (χ1v) is 7.77. The topological polar surface area (TPSA) is 12.0 Å². The average molecular weight is 239 g/mol. The van der Waals surface area contributed by atoms with Gasteiger partial charge >= 0.3 is 0 Å². The lowest BCUT2D eigenvalue weighted by atomic mass is 9.69. The van der Waals surface area contributed by atoms with Crippen molar-refractivity contribution in [1.82, 2.24) is 5.32 Å². The standard InChI is InChI=1S/C16H33N/c1-6-7-15-10-14(12(2)3)8-9-16(15)11-17-13(4)5/h12-17H,6-11H2,1-5H3. The molecule has 1 rings (SSSR count). The summed E-state index contributed by atoms with van der Waals surface area (Å²) in [7, 11) is 0. The van der Waals surface area contributed by atoms with E-state index in [9.17, 15) is 0 Å². The van der Waals surface area contributed by atoms with Gasteiger partial charge in [0.15, 0.2) is 0 Å². The molecular weight excluding hydrogens is 206 g/mol. The zero-order chi connectivity index (χ0) is 12.8. The van der Waals surface area contributed by atoms with E-state index in [0.29, 0.717) is 6.04 Å². The number of hydrogen-bond donors (Lipinski definition) is 1. The number of nitrogens with one attached hydrogen (secondary N) is 1. The summed E-state index contributed by atoms with van der Waals surface area (Å²) in [5.74, 6) is 3.79. The molecular formula is C16H33N. The van der Waals surface area contributed by atoms with Crippen molar-refractivity contribution >= 4 is 0 Å². The molecule has 0 radical (unpaired) electrons. The highest BCUT2D eigenvalue weighted by atomic mass is 14.9. The van der Waals surface area contributed by atoms with Crippen LogP contribution in [0.15, 0.2) is 0 Å². The molecule has 0 heterocycles. The quantitative estimate of drug-likeness (QED) is 0.721. The van der Waals surface area contributed by atoms with Gasteiger partial charge in [-0.2, -0.15) is 0 Å². The molecule has 0 aromatic rings. The van der Waals surface area contributed by atoms with E-state index in [1.807, 2.05) is 0 Å². The molecule has 102 valence electrons. The summed E-state index contributed by atoms with van der Waals surface area (Å²) in [5.41, 5.74) is 0. The minimum absolute atomic E-state index is 0.639. The van der Waals surface area contributed by atoms with Crippen LogP contribution in [-0.4, -0.2) is 12.6 Å². The normalized spacial score (nSPS) is 30.2. The minimum Gasteiger partial charge on any atom is -0.314 e. The molecule has 3 unspecified atom stereocenters. The molecule has 17 heavy (non-hydrogen) atoms. The Morgan fingerprint density at radius 3 is 2.29 bits per heavy atom. The molecule has 0 aromatic carbocycles. The van der Waals surface area contributed by atoms with E-state index >= 15 is 0 Å².